The highest BCUT2D eigenvalue weighted by molar-refractivity contribution is 6.03. The molecule has 2 atom stereocenters. The molecule has 1 heterocycles. The zero-order valence-corrected chi connectivity index (χ0v) is 17.7. The molecule has 0 saturated heterocycles. The van der Waals surface area contributed by atoms with E-state index in [1.807, 2.05) is 0 Å². The number of oxime groups is 1. The highest BCUT2D eigenvalue weighted by atomic mass is 19.4. The maximum atomic E-state index is 14.0. The predicted molar refractivity (Wildman–Crippen MR) is 112 cm³/mol. The Balaban J connectivity index is 1.92. The molecule has 2 aromatic carbocycles. The van der Waals surface area contributed by atoms with Crippen LogP contribution in [0.15, 0.2) is 53.7 Å². The summed E-state index contributed by atoms with van der Waals surface area (Å²) in [7, 11) is 0. The van der Waals surface area contributed by atoms with Gasteiger partial charge in [-0.25, -0.2) is 0 Å². The zero-order chi connectivity index (χ0) is 23.7. The fraction of sp³-hybridized carbons (Fsp3) is 0.348. The number of halogens is 3. The first-order chi connectivity index (χ1) is 14.9. The van der Waals surface area contributed by atoms with Crippen LogP contribution in [-0.4, -0.2) is 34.8 Å². The van der Waals surface area contributed by atoms with Gasteiger partial charge in [-0.1, -0.05) is 55.4 Å². The van der Waals surface area contributed by atoms with E-state index in [9.17, 15) is 27.9 Å². The molecule has 0 spiro atoms. The number of benzene rings is 2. The van der Waals surface area contributed by atoms with Crippen LogP contribution in [0.5, 0.6) is 0 Å². The molecule has 0 bridgehead atoms. The quantitative estimate of drug-likeness (QED) is 0.646. The lowest BCUT2D eigenvalue weighted by Crippen LogP contribution is -2.57. The summed E-state index contributed by atoms with van der Waals surface area (Å²) in [6.07, 6.45) is -6.50. The largest absolute Gasteiger partial charge is 0.426 e. The Bertz CT molecular complexity index is 1050. The van der Waals surface area contributed by atoms with E-state index in [-0.39, 0.29) is 5.69 Å². The number of aldehydes is 1. The second-order valence-electron chi connectivity index (χ2n) is 8.38. The number of anilines is 1. The Morgan fingerprint density at radius 2 is 1.84 bits per heavy atom. The number of carbonyl (C=O) groups excluding carboxylic acids is 2. The maximum Gasteiger partial charge on any atom is 0.426 e. The number of fused-ring (bicyclic) bond motifs is 1. The van der Waals surface area contributed by atoms with E-state index in [0.717, 1.165) is 0 Å². The van der Waals surface area contributed by atoms with Gasteiger partial charge in [0.25, 0.3) is 5.91 Å². The highest BCUT2D eigenvalue weighted by Crippen LogP contribution is 2.42. The number of amides is 1. The van der Waals surface area contributed by atoms with Crippen molar-refractivity contribution in [2.75, 3.05) is 5.32 Å². The Hall–Kier alpha value is -3.20. The fourth-order valence-corrected chi connectivity index (χ4v) is 3.71. The minimum atomic E-state index is -5.22. The third kappa shape index (κ3) is 4.38. The van der Waals surface area contributed by atoms with Crippen LogP contribution in [0.25, 0.3) is 0 Å². The molecule has 1 aliphatic heterocycles. The van der Waals surface area contributed by atoms with Crippen LogP contribution in [0.1, 0.15) is 50.0 Å². The van der Waals surface area contributed by atoms with E-state index >= 15 is 0 Å². The molecule has 0 radical (unpaired) electrons. The fourth-order valence-electron chi connectivity index (χ4n) is 3.71. The summed E-state index contributed by atoms with van der Waals surface area (Å²) in [6, 6.07) is 12.6. The second kappa shape index (κ2) is 8.38. The van der Waals surface area contributed by atoms with E-state index in [4.69, 9.17) is 4.84 Å². The first-order valence-corrected chi connectivity index (χ1v) is 9.85. The van der Waals surface area contributed by atoms with Gasteiger partial charge in [0.05, 0.1) is 5.71 Å². The van der Waals surface area contributed by atoms with Crippen molar-refractivity contribution in [3.8, 4) is 0 Å². The molecule has 9 heteroatoms. The van der Waals surface area contributed by atoms with Gasteiger partial charge in [-0.05, 0) is 30.0 Å². The standard InChI is InChI=1S/C23H23F3N2O4/c1-14-18-11-16(9-10-17(18)19(12-29)32-28-14)27-20(30)22(31,23(24,25)26)13-21(2,3)15-7-5-4-6-8-15/h4-12,19,31H,13H2,1-3H3,(H,27,30). The molecule has 2 unspecified atom stereocenters. The molecule has 6 nitrogen and oxygen atoms in total. The van der Waals surface area contributed by atoms with Gasteiger partial charge in [0.15, 0.2) is 6.29 Å². The van der Waals surface area contributed by atoms with Crippen molar-refractivity contribution in [1.82, 2.24) is 0 Å². The third-order valence-electron chi connectivity index (χ3n) is 5.53. The second-order valence-corrected chi connectivity index (χ2v) is 8.38. The van der Waals surface area contributed by atoms with Crippen LogP contribution in [-0.2, 0) is 19.8 Å². The van der Waals surface area contributed by atoms with Gasteiger partial charge in [-0.3, -0.25) is 9.59 Å². The lowest BCUT2D eigenvalue weighted by molar-refractivity contribution is -0.254. The molecular formula is C23H23F3N2O4. The molecular weight excluding hydrogens is 425 g/mol. The normalized spacial score (nSPS) is 18.0. The van der Waals surface area contributed by atoms with Gasteiger partial charge >= 0.3 is 6.18 Å². The molecule has 3 rings (SSSR count). The first-order valence-electron chi connectivity index (χ1n) is 9.85. The maximum absolute atomic E-state index is 14.0. The first kappa shape index (κ1) is 23.5. The molecule has 2 N–H and O–H groups in total. The minimum Gasteiger partial charge on any atom is -0.380 e. The summed E-state index contributed by atoms with van der Waals surface area (Å²) >= 11 is 0. The number of rotatable bonds is 6. The summed E-state index contributed by atoms with van der Waals surface area (Å²) < 4.78 is 41.9. The zero-order valence-electron chi connectivity index (χ0n) is 17.7. The van der Waals surface area contributed by atoms with Gasteiger partial charge in [-0.15, -0.1) is 0 Å². The van der Waals surface area contributed by atoms with E-state index in [1.54, 1.807) is 37.3 Å². The molecule has 1 aliphatic rings. The van der Waals surface area contributed by atoms with Gasteiger partial charge in [0.1, 0.15) is 0 Å². The van der Waals surface area contributed by atoms with Crippen molar-refractivity contribution in [3.05, 3.63) is 65.2 Å². The lowest BCUT2D eigenvalue weighted by Gasteiger charge is -2.36. The van der Waals surface area contributed by atoms with Crippen LogP contribution in [0.4, 0.5) is 18.9 Å². The molecule has 1 amide bonds. The Labute approximate surface area is 183 Å². The van der Waals surface area contributed by atoms with E-state index < -0.39 is 35.6 Å². The number of nitrogens with one attached hydrogen (secondary N) is 1. The molecule has 0 saturated carbocycles. The van der Waals surface area contributed by atoms with Gasteiger partial charge < -0.3 is 15.3 Å². The van der Waals surface area contributed by atoms with Gasteiger partial charge in [-0.2, -0.15) is 13.2 Å². The van der Waals surface area contributed by atoms with Gasteiger partial charge in [0, 0.05) is 23.2 Å². The van der Waals surface area contributed by atoms with Crippen molar-refractivity contribution >= 4 is 23.6 Å². The van der Waals surface area contributed by atoms with Crippen LogP contribution in [0.2, 0.25) is 0 Å². The van der Waals surface area contributed by atoms with Crippen molar-refractivity contribution in [2.45, 2.75) is 50.5 Å². The third-order valence-corrected chi connectivity index (χ3v) is 5.53. The minimum absolute atomic E-state index is 0.0232. The van der Waals surface area contributed by atoms with Crippen LogP contribution in [0.3, 0.4) is 0 Å². The average molecular weight is 448 g/mol. The van der Waals surface area contributed by atoms with Crippen LogP contribution in [0, 0.1) is 0 Å². The van der Waals surface area contributed by atoms with Crippen LogP contribution >= 0.6 is 0 Å². The molecule has 0 aromatic heterocycles. The van der Waals surface area contributed by atoms with E-state index in [2.05, 4.69) is 10.5 Å². The number of nitrogens with zero attached hydrogens (tertiary/aromatic N) is 1. The molecule has 0 fully saturated rings. The van der Waals surface area contributed by atoms with E-state index in [0.29, 0.717) is 28.7 Å². The number of alkyl halides is 3. The summed E-state index contributed by atoms with van der Waals surface area (Å²) in [5, 5.41) is 16.5. The SMILES string of the molecule is CC1=NOC(C=O)c2ccc(NC(=O)C(O)(CC(C)(C)c3ccccc3)C(F)(F)F)cc21. The van der Waals surface area contributed by atoms with Crippen molar-refractivity contribution in [1.29, 1.82) is 0 Å². The van der Waals surface area contributed by atoms with E-state index in [1.165, 1.54) is 32.0 Å². The monoisotopic (exact) mass is 448 g/mol. The predicted octanol–water partition coefficient (Wildman–Crippen LogP) is 4.28. The van der Waals surface area contributed by atoms with Crippen molar-refractivity contribution in [2.24, 2.45) is 5.16 Å². The molecule has 2 aromatic rings. The number of hydrogen-bond acceptors (Lipinski definition) is 5. The summed E-state index contributed by atoms with van der Waals surface area (Å²) in [6.45, 7) is 4.66. The van der Waals surface area contributed by atoms with Crippen LogP contribution < -0.4 is 5.32 Å². The summed E-state index contributed by atoms with van der Waals surface area (Å²) in [5.41, 5.74) is -2.90. The molecule has 170 valence electrons. The average Bonchev–Trinajstić information content (AvgIpc) is 2.74. The molecule has 0 aliphatic carbocycles. The van der Waals surface area contributed by atoms with Gasteiger partial charge in [0.2, 0.25) is 11.7 Å². The smallest absolute Gasteiger partial charge is 0.380 e. The molecule has 32 heavy (non-hydrogen) atoms. The Morgan fingerprint density at radius 3 is 2.44 bits per heavy atom. The number of hydrogen-bond donors (Lipinski definition) is 2. The summed E-state index contributed by atoms with van der Waals surface area (Å²) in [5.74, 6) is -1.59. The summed E-state index contributed by atoms with van der Waals surface area (Å²) in [4.78, 5) is 29.0. The Kier molecular flexibility index (Phi) is 6.15. The topological polar surface area (TPSA) is 88.0 Å². The highest BCUT2D eigenvalue weighted by Gasteiger charge is 2.61. The Morgan fingerprint density at radius 1 is 1.19 bits per heavy atom. The lowest BCUT2D eigenvalue weighted by atomic mass is 9.74. The number of carbonyl (C=O) groups is 2. The van der Waals surface area contributed by atoms with Crippen molar-refractivity contribution in [3.63, 3.8) is 0 Å². The number of aliphatic hydroxyl groups is 1. The van der Waals surface area contributed by atoms with Crippen molar-refractivity contribution < 1.29 is 32.7 Å².